The highest BCUT2D eigenvalue weighted by molar-refractivity contribution is 5.70. The van der Waals surface area contributed by atoms with E-state index in [-0.39, 0.29) is 0 Å². The number of anilines is 1. The first-order valence-corrected chi connectivity index (χ1v) is 10.2. The molecule has 2 bridgehead atoms. The van der Waals surface area contributed by atoms with E-state index in [0.717, 1.165) is 28.2 Å². The highest BCUT2D eigenvalue weighted by Crippen LogP contribution is 2.33. The quantitative estimate of drug-likeness (QED) is 0.696. The zero-order valence-corrected chi connectivity index (χ0v) is 16.8. The van der Waals surface area contributed by atoms with Crippen LogP contribution in [0, 0.1) is 0 Å². The molecule has 0 aromatic carbocycles. The molecule has 0 radical (unpaired) electrons. The van der Waals surface area contributed by atoms with Crippen LogP contribution in [0.2, 0.25) is 0 Å². The van der Waals surface area contributed by atoms with Crippen LogP contribution in [0.25, 0.3) is 22.5 Å². The second-order valence-electron chi connectivity index (χ2n) is 8.02. The Kier molecular flexibility index (Phi) is 4.67. The number of nitrogens with one attached hydrogen (secondary N) is 2. The predicted molar refractivity (Wildman–Crippen MR) is 113 cm³/mol. The molecule has 150 valence electrons. The number of pyridine rings is 2. The maximum Gasteiger partial charge on any atom is 0.221 e. The normalized spacial score (nSPS) is 23.2. The third-order valence-corrected chi connectivity index (χ3v) is 6.28. The molecule has 7 nitrogen and oxygen atoms in total. The lowest BCUT2D eigenvalue weighted by molar-refractivity contribution is 0.354. The van der Waals surface area contributed by atoms with Crippen LogP contribution < -0.4 is 15.0 Å². The van der Waals surface area contributed by atoms with Crippen molar-refractivity contribution in [2.75, 3.05) is 19.1 Å². The van der Waals surface area contributed by atoms with Crippen molar-refractivity contribution in [1.82, 2.24) is 25.5 Å². The van der Waals surface area contributed by atoms with E-state index in [0.29, 0.717) is 24.0 Å². The maximum absolute atomic E-state index is 5.50. The maximum atomic E-state index is 5.50. The molecule has 0 aliphatic carbocycles. The van der Waals surface area contributed by atoms with Gasteiger partial charge in [0.15, 0.2) is 0 Å². The number of rotatable bonds is 5. The second kappa shape index (κ2) is 7.48. The molecule has 2 saturated heterocycles. The number of ether oxygens (including phenoxy) is 1. The van der Waals surface area contributed by atoms with Crippen LogP contribution in [0.3, 0.4) is 0 Å². The summed E-state index contributed by atoms with van der Waals surface area (Å²) in [5.74, 6) is 0.567. The largest absolute Gasteiger partial charge is 0.481 e. The molecular weight excluding hydrogens is 364 g/mol. The fourth-order valence-electron chi connectivity index (χ4n) is 4.66. The topological polar surface area (TPSA) is 79.0 Å². The van der Waals surface area contributed by atoms with Crippen LogP contribution >= 0.6 is 0 Å². The van der Waals surface area contributed by atoms with Gasteiger partial charge in [-0.3, -0.25) is 10.1 Å². The molecule has 0 spiro atoms. The molecule has 2 atom stereocenters. The molecule has 3 aromatic rings. The van der Waals surface area contributed by atoms with Crippen LogP contribution in [0.1, 0.15) is 25.7 Å². The summed E-state index contributed by atoms with van der Waals surface area (Å²) in [6, 6.07) is 10.1. The number of aromatic amines is 1. The first-order valence-electron chi connectivity index (χ1n) is 10.2. The molecule has 3 aromatic heterocycles. The molecule has 5 rings (SSSR count). The minimum atomic E-state index is 0.567. The number of hydrogen-bond donors (Lipinski definition) is 2. The van der Waals surface area contributed by atoms with Crippen LogP contribution in [0.5, 0.6) is 5.88 Å². The Morgan fingerprint density at radius 1 is 1.03 bits per heavy atom. The molecule has 7 heteroatoms. The van der Waals surface area contributed by atoms with Gasteiger partial charge >= 0.3 is 0 Å². The van der Waals surface area contributed by atoms with E-state index < -0.39 is 0 Å². The average molecular weight is 390 g/mol. The molecule has 0 amide bonds. The van der Waals surface area contributed by atoms with Gasteiger partial charge in [-0.2, -0.15) is 5.10 Å². The van der Waals surface area contributed by atoms with Gasteiger partial charge in [0, 0.05) is 42.5 Å². The van der Waals surface area contributed by atoms with Gasteiger partial charge in [-0.25, -0.2) is 4.98 Å². The Bertz CT molecular complexity index is 959. The summed E-state index contributed by atoms with van der Waals surface area (Å²) in [7, 11) is 3.82. The van der Waals surface area contributed by atoms with Crippen LogP contribution in [-0.2, 0) is 0 Å². The van der Waals surface area contributed by atoms with Crippen molar-refractivity contribution in [2.24, 2.45) is 0 Å². The fourth-order valence-corrected chi connectivity index (χ4v) is 4.66. The number of H-pyrrole nitrogens is 1. The highest BCUT2D eigenvalue weighted by atomic mass is 16.5. The summed E-state index contributed by atoms with van der Waals surface area (Å²) < 4.78 is 5.50. The lowest BCUT2D eigenvalue weighted by atomic mass is 9.98. The molecule has 2 N–H and O–H groups in total. The van der Waals surface area contributed by atoms with Crippen LogP contribution in [0.15, 0.2) is 42.9 Å². The fraction of sp³-hybridized carbons (Fsp3) is 0.409. The summed E-state index contributed by atoms with van der Waals surface area (Å²) >= 11 is 0. The second-order valence-corrected chi connectivity index (χ2v) is 8.02. The molecule has 2 aliphatic rings. The van der Waals surface area contributed by atoms with Gasteiger partial charge in [-0.05, 0) is 49.9 Å². The molecule has 2 unspecified atom stereocenters. The van der Waals surface area contributed by atoms with Gasteiger partial charge < -0.3 is 15.0 Å². The number of piperidine rings is 1. The van der Waals surface area contributed by atoms with E-state index in [1.54, 1.807) is 13.3 Å². The van der Waals surface area contributed by atoms with Crippen LogP contribution in [-0.4, -0.2) is 52.4 Å². The first-order chi connectivity index (χ1) is 14.2. The van der Waals surface area contributed by atoms with Crippen molar-refractivity contribution >= 4 is 5.69 Å². The van der Waals surface area contributed by atoms with E-state index >= 15 is 0 Å². The third kappa shape index (κ3) is 3.46. The van der Waals surface area contributed by atoms with Crippen molar-refractivity contribution in [1.29, 1.82) is 0 Å². The van der Waals surface area contributed by atoms with E-state index in [1.165, 1.54) is 25.7 Å². The summed E-state index contributed by atoms with van der Waals surface area (Å²) in [6.45, 7) is 0. The lowest BCUT2D eigenvalue weighted by Crippen LogP contribution is -2.47. The number of methoxy groups -OCH3 is 1. The molecule has 5 heterocycles. The molecule has 2 aliphatic heterocycles. The van der Waals surface area contributed by atoms with E-state index in [1.807, 2.05) is 30.6 Å². The average Bonchev–Trinajstić information content (AvgIpc) is 3.42. The zero-order chi connectivity index (χ0) is 19.8. The van der Waals surface area contributed by atoms with Crippen molar-refractivity contribution in [3.63, 3.8) is 0 Å². The summed E-state index contributed by atoms with van der Waals surface area (Å²) in [6.07, 6.45) is 10.6. The Morgan fingerprint density at radius 3 is 2.48 bits per heavy atom. The van der Waals surface area contributed by atoms with Gasteiger partial charge in [0.25, 0.3) is 0 Å². The number of aromatic nitrogens is 4. The van der Waals surface area contributed by atoms with Gasteiger partial charge in [-0.15, -0.1) is 0 Å². The Hall–Kier alpha value is -2.93. The Morgan fingerprint density at radius 2 is 1.83 bits per heavy atom. The van der Waals surface area contributed by atoms with E-state index in [9.17, 15) is 0 Å². The van der Waals surface area contributed by atoms with E-state index in [4.69, 9.17) is 9.72 Å². The van der Waals surface area contributed by atoms with Gasteiger partial charge in [-0.1, -0.05) is 0 Å². The minimum absolute atomic E-state index is 0.567. The smallest absolute Gasteiger partial charge is 0.221 e. The van der Waals surface area contributed by atoms with Gasteiger partial charge in [0.1, 0.15) is 0 Å². The molecule has 0 saturated carbocycles. The number of fused-ring (bicyclic) bond motifs is 2. The number of nitrogens with zero attached hydrogens (tertiary/aromatic N) is 4. The van der Waals surface area contributed by atoms with E-state index in [2.05, 4.69) is 38.5 Å². The zero-order valence-electron chi connectivity index (χ0n) is 16.8. The third-order valence-electron chi connectivity index (χ3n) is 6.28. The summed E-state index contributed by atoms with van der Waals surface area (Å²) in [4.78, 5) is 11.7. The number of hydrogen-bond acceptors (Lipinski definition) is 6. The standard InChI is InChI=1S/C22H26N6O/c1-28(18-9-15-3-4-16(10-18)26-15)17-5-7-20(23-13-17)21-8-6-19(22(27-21)29-2)14-11-24-25-12-14/h5-8,11-13,15-16,18,26H,3-4,9-10H2,1-2H3,(H,24,25). The molecule has 29 heavy (non-hydrogen) atoms. The van der Waals surface area contributed by atoms with Gasteiger partial charge in [0.05, 0.1) is 36.6 Å². The van der Waals surface area contributed by atoms with Crippen LogP contribution in [0.4, 0.5) is 5.69 Å². The predicted octanol–water partition coefficient (Wildman–Crippen LogP) is 3.26. The van der Waals surface area contributed by atoms with Crippen molar-refractivity contribution in [2.45, 2.75) is 43.8 Å². The van der Waals surface area contributed by atoms with Crippen molar-refractivity contribution in [3.05, 3.63) is 42.9 Å². The van der Waals surface area contributed by atoms with Crippen molar-refractivity contribution < 1.29 is 4.74 Å². The SMILES string of the molecule is COc1nc(-c2ccc(N(C)C3CC4CCC(C3)N4)cn2)ccc1-c1cn[nH]c1. The lowest BCUT2D eigenvalue weighted by Gasteiger charge is -2.36. The Labute approximate surface area is 170 Å². The highest BCUT2D eigenvalue weighted by Gasteiger charge is 2.35. The van der Waals surface area contributed by atoms with Crippen molar-refractivity contribution in [3.8, 4) is 28.4 Å². The summed E-state index contributed by atoms with van der Waals surface area (Å²) in [5, 5.41) is 10.5. The van der Waals surface area contributed by atoms with Gasteiger partial charge in [0.2, 0.25) is 5.88 Å². The summed E-state index contributed by atoms with van der Waals surface area (Å²) in [5.41, 5.74) is 4.64. The molecule has 2 fully saturated rings. The Balaban J connectivity index is 1.36. The monoisotopic (exact) mass is 390 g/mol. The molecular formula is C22H26N6O. The first kappa shape index (κ1) is 18.1. The minimum Gasteiger partial charge on any atom is -0.481 e.